The Morgan fingerprint density at radius 3 is 2.32 bits per heavy atom. The quantitative estimate of drug-likeness (QED) is 0.563. The Labute approximate surface area is 164 Å². The van der Waals surface area contributed by atoms with E-state index in [1.165, 1.54) is 4.90 Å². The van der Waals surface area contributed by atoms with Crippen molar-refractivity contribution in [3.63, 3.8) is 0 Å². The predicted molar refractivity (Wildman–Crippen MR) is 108 cm³/mol. The summed E-state index contributed by atoms with van der Waals surface area (Å²) < 4.78 is 10.3. The van der Waals surface area contributed by atoms with Crippen molar-refractivity contribution in [3.8, 4) is 5.75 Å². The van der Waals surface area contributed by atoms with Crippen LogP contribution in [0.15, 0.2) is 54.2 Å². The third-order valence-electron chi connectivity index (χ3n) is 4.68. The number of nitrogens with zero attached hydrogens (tertiary/aromatic N) is 1. The molecule has 146 valence electrons. The Balaban J connectivity index is 2.00. The average Bonchev–Trinajstić information content (AvgIpc) is 2.94. The summed E-state index contributed by atoms with van der Waals surface area (Å²) >= 11 is 0. The molecule has 2 aromatic carbocycles. The maximum absolute atomic E-state index is 13.1. The third-order valence-corrected chi connectivity index (χ3v) is 4.68. The highest BCUT2D eigenvalue weighted by atomic mass is 16.5. The lowest BCUT2D eigenvalue weighted by Gasteiger charge is -2.15. The van der Waals surface area contributed by atoms with Crippen molar-refractivity contribution in [1.29, 1.82) is 0 Å². The molecular weight excluding hydrogens is 356 g/mol. The lowest BCUT2D eigenvalue weighted by molar-refractivity contribution is -0.136. The summed E-state index contributed by atoms with van der Waals surface area (Å²) in [7, 11) is 3.18. The molecule has 1 N–H and O–H groups in total. The van der Waals surface area contributed by atoms with Crippen LogP contribution >= 0.6 is 0 Å². The van der Waals surface area contributed by atoms with Crippen LogP contribution in [0.4, 0.5) is 5.69 Å². The first-order chi connectivity index (χ1) is 13.6. The molecule has 0 fully saturated rings. The molecule has 0 aromatic heterocycles. The molecular formula is C22H24N2O4. The fourth-order valence-corrected chi connectivity index (χ4v) is 3.14. The molecule has 0 aliphatic carbocycles. The van der Waals surface area contributed by atoms with Gasteiger partial charge in [-0.3, -0.25) is 14.5 Å². The van der Waals surface area contributed by atoms with Gasteiger partial charge in [0.15, 0.2) is 0 Å². The lowest BCUT2D eigenvalue weighted by atomic mass is 10.0. The number of benzene rings is 2. The number of imide groups is 1. The summed E-state index contributed by atoms with van der Waals surface area (Å²) in [5.41, 5.74) is 3.12. The molecule has 1 heterocycles. The smallest absolute Gasteiger partial charge is 0.278 e. The van der Waals surface area contributed by atoms with E-state index in [2.05, 4.69) is 5.32 Å². The van der Waals surface area contributed by atoms with Gasteiger partial charge in [-0.1, -0.05) is 30.3 Å². The van der Waals surface area contributed by atoms with Crippen LogP contribution in [0.2, 0.25) is 0 Å². The topological polar surface area (TPSA) is 67.9 Å². The molecule has 3 rings (SSSR count). The van der Waals surface area contributed by atoms with Crippen molar-refractivity contribution >= 4 is 23.1 Å². The minimum Gasteiger partial charge on any atom is -0.497 e. The molecule has 0 saturated heterocycles. The van der Waals surface area contributed by atoms with Crippen molar-refractivity contribution in [2.45, 2.75) is 13.3 Å². The van der Waals surface area contributed by atoms with Gasteiger partial charge in [-0.05, 0) is 42.7 Å². The average molecular weight is 380 g/mol. The molecule has 0 bridgehead atoms. The molecule has 0 radical (unpaired) electrons. The van der Waals surface area contributed by atoms with Gasteiger partial charge in [0.2, 0.25) is 0 Å². The van der Waals surface area contributed by atoms with E-state index in [0.29, 0.717) is 42.2 Å². The van der Waals surface area contributed by atoms with Crippen LogP contribution in [0.1, 0.15) is 17.5 Å². The van der Waals surface area contributed by atoms with Crippen LogP contribution in [-0.2, 0) is 14.3 Å². The van der Waals surface area contributed by atoms with Crippen LogP contribution in [-0.4, -0.2) is 44.1 Å². The van der Waals surface area contributed by atoms with E-state index in [1.807, 2.05) is 31.2 Å². The summed E-state index contributed by atoms with van der Waals surface area (Å²) in [5, 5.41) is 3.19. The Kier molecular flexibility index (Phi) is 6.11. The fourth-order valence-electron chi connectivity index (χ4n) is 3.14. The van der Waals surface area contributed by atoms with Gasteiger partial charge in [-0.2, -0.15) is 0 Å². The highest BCUT2D eigenvalue weighted by Crippen LogP contribution is 2.32. The zero-order chi connectivity index (χ0) is 20.1. The zero-order valence-corrected chi connectivity index (χ0v) is 16.3. The normalized spacial score (nSPS) is 14.0. The molecule has 1 aliphatic heterocycles. The second-order valence-electron chi connectivity index (χ2n) is 6.53. The SMILES string of the molecule is COCCCN1C(=O)C(Nc2ccccc2C)=C(c2ccc(OC)cc2)C1=O. The Hall–Kier alpha value is -3.12. The van der Waals surface area contributed by atoms with Crippen molar-refractivity contribution in [3.05, 3.63) is 65.4 Å². The van der Waals surface area contributed by atoms with Crippen LogP contribution in [0.25, 0.3) is 5.57 Å². The fraction of sp³-hybridized carbons (Fsp3) is 0.273. The van der Waals surface area contributed by atoms with E-state index in [-0.39, 0.29) is 11.8 Å². The van der Waals surface area contributed by atoms with Crippen LogP contribution in [0, 0.1) is 6.92 Å². The minimum absolute atomic E-state index is 0.293. The maximum atomic E-state index is 13.1. The van der Waals surface area contributed by atoms with Gasteiger partial charge in [-0.25, -0.2) is 0 Å². The van der Waals surface area contributed by atoms with Gasteiger partial charge in [0.05, 0.1) is 12.7 Å². The van der Waals surface area contributed by atoms with Crippen molar-refractivity contribution in [1.82, 2.24) is 4.90 Å². The highest BCUT2D eigenvalue weighted by molar-refractivity contribution is 6.36. The molecule has 0 saturated carbocycles. The number of ether oxygens (including phenoxy) is 2. The van der Waals surface area contributed by atoms with E-state index in [0.717, 1.165) is 11.3 Å². The lowest BCUT2D eigenvalue weighted by Crippen LogP contribution is -2.33. The molecule has 6 heteroatoms. The summed E-state index contributed by atoms with van der Waals surface area (Å²) in [6, 6.07) is 14.8. The third kappa shape index (κ3) is 3.92. The summed E-state index contributed by atoms with van der Waals surface area (Å²) in [6.07, 6.45) is 0.585. The van der Waals surface area contributed by atoms with E-state index >= 15 is 0 Å². The highest BCUT2D eigenvalue weighted by Gasteiger charge is 2.38. The molecule has 1 aliphatic rings. The molecule has 0 unspecified atom stereocenters. The standard InChI is InChI=1S/C22H24N2O4/c1-15-7-4-5-8-18(15)23-20-19(16-9-11-17(28-3)12-10-16)21(25)24(22(20)26)13-6-14-27-2/h4-5,7-12,23H,6,13-14H2,1-3H3. The van der Waals surface area contributed by atoms with Crippen molar-refractivity contribution in [2.24, 2.45) is 0 Å². The number of amides is 2. The second-order valence-corrected chi connectivity index (χ2v) is 6.53. The molecule has 2 aromatic rings. The van der Waals surface area contributed by atoms with Gasteiger partial charge in [0, 0.05) is 25.9 Å². The molecule has 6 nitrogen and oxygen atoms in total. The Morgan fingerprint density at radius 2 is 1.68 bits per heavy atom. The van der Waals surface area contributed by atoms with Crippen molar-refractivity contribution < 1.29 is 19.1 Å². The molecule has 0 atom stereocenters. The van der Waals surface area contributed by atoms with Gasteiger partial charge in [0.25, 0.3) is 11.8 Å². The van der Waals surface area contributed by atoms with Crippen LogP contribution in [0.3, 0.4) is 0 Å². The number of para-hydroxylation sites is 1. The van der Waals surface area contributed by atoms with E-state index in [9.17, 15) is 9.59 Å². The summed E-state index contributed by atoms with van der Waals surface area (Å²) in [6.45, 7) is 2.74. The molecule has 28 heavy (non-hydrogen) atoms. The van der Waals surface area contributed by atoms with Gasteiger partial charge < -0.3 is 14.8 Å². The van der Waals surface area contributed by atoms with Crippen molar-refractivity contribution in [2.75, 3.05) is 32.7 Å². The van der Waals surface area contributed by atoms with E-state index in [4.69, 9.17) is 9.47 Å². The number of carbonyl (C=O) groups excluding carboxylic acids is 2. The first-order valence-electron chi connectivity index (χ1n) is 9.13. The number of methoxy groups -OCH3 is 2. The number of hydrogen-bond acceptors (Lipinski definition) is 5. The summed E-state index contributed by atoms with van der Waals surface area (Å²) in [5.74, 6) is 0.0593. The predicted octanol–water partition coefficient (Wildman–Crippen LogP) is 3.23. The van der Waals surface area contributed by atoms with Gasteiger partial charge >= 0.3 is 0 Å². The number of anilines is 1. The Bertz CT molecular complexity index is 903. The maximum Gasteiger partial charge on any atom is 0.278 e. The van der Waals surface area contributed by atoms with Crippen LogP contribution < -0.4 is 10.1 Å². The largest absolute Gasteiger partial charge is 0.497 e. The van der Waals surface area contributed by atoms with E-state index < -0.39 is 0 Å². The molecule has 0 spiro atoms. The van der Waals surface area contributed by atoms with E-state index in [1.54, 1.807) is 38.5 Å². The zero-order valence-electron chi connectivity index (χ0n) is 16.3. The number of rotatable bonds is 8. The number of nitrogens with one attached hydrogen (secondary N) is 1. The Morgan fingerprint density at radius 1 is 0.964 bits per heavy atom. The minimum atomic E-state index is -0.324. The first-order valence-corrected chi connectivity index (χ1v) is 9.13. The van der Waals surface area contributed by atoms with Gasteiger partial charge in [0.1, 0.15) is 11.4 Å². The van der Waals surface area contributed by atoms with Gasteiger partial charge in [-0.15, -0.1) is 0 Å². The number of carbonyl (C=O) groups is 2. The number of hydrogen-bond donors (Lipinski definition) is 1. The molecule has 2 amide bonds. The second kappa shape index (κ2) is 8.71. The van der Waals surface area contributed by atoms with Crippen LogP contribution in [0.5, 0.6) is 5.75 Å². The number of aryl methyl sites for hydroxylation is 1. The first kappa shape index (κ1) is 19.6. The monoisotopic (exact) mass is 380 g/mol. The summed E-state index contributed by atoms with van der Waals surface area (Å²) in [4.78, 5) is 27.4.